The van der Waals surface area contributed by atoms with E-state index in [1.54, 1.807) is 27.7 Å². The molecule has 5 heteroatoms. The molecule has 0 aliphatic carbocycles. The number of amides is 2. The smallest absolute Gasteiger partial charge is 0.426 e. The number of hydrogen-bond donors (Lipinski definition) is 1. The Balaban J connectivity index is 4.11. The van der Waals surface area contributed by atoms with Crippen molar-refractivity contribution in [3.63, 3.8) is 0 Å². The Kier molecular flexibility index (Phi) is 4.40. The van der Waals surface area contributed by atoms with Gasteiger partial charge in [-0.25, -0.2) is 10.2 Å². The Morgan fingerprint density at radius 1 is 1.36 bits per heavy atom. The summed E-state index contributed by atoms with van der Waals surface area (Å²) in [5.41, 5.74) is 1.79. The highest BCUT2D eigenvalue weighted by atomic mass is 16.6. The molecule has 0 rings (SSSR count). The summed E-state index contributed by atoms with van der Waals surface area (Å²) in [5.74, 6) is -0.224. The molecular formula is C9H18N2O3. The number of carbonyl (C=O) groups is 2. The second-order valence-corrected chi connectivity index (χ2v) is 3.88. The fraction of sp³-hybridized carbons (Fsp3) is 0.778. The summed E-state index contributed by atoms with van der Waals surface area (Å²) in [6, 6.07) is 0. The van der Waals surface area contributed by atoms with Crippen molar-refractivity contribution in [3.8, 4) is 0 Å². The lowest BCUT2D eigenvalue weighted by molar-refractivity contribution is -0.131. The van der Waals surface area contributed by atoms with Crippen molar-refractivity contribution in [2.24, 2.45) is 0 Å². The van der Waals surface area contributed by atoms with Gasteiger partial charge in [-0.3, -0.25) is 9.80 Å². The van der Waals surface area contributed by atoms with E-state index in [9.17, 15) is 9.59 Å². The van der Waals surface area contributed by atoms with Gasteiger partial charge in [0.15, 0.2) is 0 Å². The number of carbonyl (C=O) groups excluding carboxylic acids is 2. The highest BCUT2D eigenvalue weighted by Crippen LogP contribution is 2.06. The van der Waals surface area contributed by atoms with E-state index in [0.717, 1.165) is 0 Å². The molecule has 5 nitrogen and oxygen atoms in total. The second-order valence-electron chi connectivity index (χ2n) is 3.88. The molecule has 82 valence electrons. The molecule has 0 spiro atoms. The third-order valence-corrected chi connectivity index (χ3v) is 1.32. The van der Waals surface area contributed by atoms with Gasteiger partial charge in [-0.1, -0.05) is 0 Å². The first kappa shape index (κ1) is 12.7. The number of hydrogen-bond acceptors (Lipinski definition) is 3. The lowest BCUT2D eigenvalue weighted by Crippen LogP contribution is -2.46. The Hall–Kier alpha value is -1.26. The SMILES string of the molecule is CCN(NC(=O)OC(C)(C)C)C(C)=O. The summed E-state index contributed by atoms with van der Waals surface area (Å²) >= 11 is 0. The summed E-state index contributed by atoms with van der Waals surface area (Å²) in [6.07, 6.45) is -0.616. The fourth-order valence-corrected chi connectivity index (χ4v) is 0.792. The van der Waals surface area contributed by atoms with Crippen molar-refractivity contribution in [2.75, 3.05) is 6.54 Å². The van der Waals surface area contributed by atoms with E-state index in [-0.39, 0.29) is 5.91 Å². The maximum Gasteiger partial charge on any atom is 0.426 e. The quantitative estimate of drug-likeness (QED) is 0.652. The van der Waals surface area contributed by atoms with Gasteiger partial charge in [0.1, 0.15) is 5.60 Å². The fourth-order valence-electron chi connectivity index (χ4n) is 0.792. The Bertz CT molecular complexity index is 221. The van der Waals surface area contributed by atoms with Crippen molar-refractivity contribution in [1.29, 1.82) is 0 Å². The zero-order valence-corrected chi connectivity index (χ0v) is 9.38. The van der Waals surface area contributed by atoms with Crippen molar-refractivity contribution in [3.05, 3.63) is 0 Å². The molecule has 0 radical (unpaired) electrons. The van der Waals surface area contributed by atoms with Crippen LogP contribution in [0.4, 0.5) is 4.79 Å². The van der Waals surface area contributed by atoms with Gasteiger partial charge in [0, 0.05) is 13.5 Å². The highest BCUT2D eigenvalue weighted by Gasteiger charge is 2.18. The predicted molar refractivity (Wildman–Crippen MR) is 52.4 cm³/mol. The van der Waals surface area contributed by atoms with Gasteiger partial charge in [-0.05, 0) is 27.7 Å². The lowest BCUT2D eigenvalue weighted by Gasteiger charge is -2.24. The molecular weight excluding hydrogens is 184 g/mol. The van der Waals surface area contributed by atoms with Crippen LogP contribution < -0.4 is 5.43 Å². The van der Waals surface area contributed by atoms with Crippen molar-refractivity contribution < 1.29 is 14.3 Å². The third kappa shape index (κ3) is 5.40. The molecule has 0 aromatic heterocycles. The standard InChI is InChI=1S/C9H18N2O3/c1-6-11(7(2)12)10-8(13)14-9(3,4)5/h6H2,1-5H3,(H,10,13). The van der Waals surface area contributed by atoms with Crippen molar-refractivity contribution in [1.82, 2.24) is 10.4 Å². The number of nitrogens with zero attached hydrogens (tertiary/aromatic N) is 1. The molecule has 0 fully saturated rings. The van der Waals surface area contributed by atoms with Crippen LogP contribution in [0.3, 0.4) is 0 Å². The first-order chi connectivity index (χ1) is 6.26. The van der Waals surface area contributed by atoms with Crippen LogP contribution in [0.2, 0.25) is 0 Å². The Morgan fingerprint density at radius 2 is 1.86 bits per heavy atom. The van der Waals surface area contributed by atoms with Crippen LogP contribution in [-0.4, -0.2) is 29.2 Å². The van der Waals surface area contributed by atoms with Gasteiger partial charge in [0.2, 0.25) is 5.91 Å². The van der Waals surface area contributed by atoms with Crippen LogP contribution in [0.1, 0.15) is 34.6 Å². The van der Waals surface area contributed by atoms with E-state index in [4.69, 9.17) is 4.74 Å². The number of nitrogens with one attached hydrogen (secondary N) is 1. The van der Waals surface area contributed by atoms with E-state index < -0.39 is 11.7 Å². The summed E-state index contributed by atoms with van der Waals surface area (Å²) in [4.78, 5) is 22.1. The van der Waals surface area contributed by atoms with Crippen LogP contribution in [0.5, 0.6) is 0 Å². The lowest BCUT2D eigenvalue weighted by atomic mass is 10.2. The van der Waals surface area contributed by atoms with Crippen LogP contribution in [0.15, 0.2) is 0 Å². The zero-order valence-electron chi connectivity index (χ0n) is 9.38. The van der Waals surface area contributed by atoms with Gasteiger partial charge < -0.3 is 4.74 Å². The summed E-state index contributed by atoms with van der Waals surface area (Å²) < 4.78 is 4.98. The third-order valence-electron chi connectivity index (χ3n) is 1.32. The number of hydrazine groups is 1. The molecule has 0 aliphatic heterocycles. The maximum atomic E-state index is 11.2. The molecule has 0 atom stereocenters. The molecule has 0 saturated heterocycles. The predicted octanol–water partition coefficient (Wildman–Crippen LogP) is 1.29. The maximum absolute atomic E-state index is 11.2. The van der Waals surface area contributed by atoms with Crippen molar-refractivity contribution >= 4 is 12.0 Å². The summed E-state index contributed by atoms with van der Waals surface area (Å²) in [5, 5.41) is 1.19. The zero-order chi connectivity index (χ0) is 11.4. The van der Waals surface area contributed by atoms with E-state index in [2.05, 4.69) is 5.43 Å². The second kappa shape index (κ2) is 4.83. The molecule has 14 heavy (non-hydrogen) atoms. The van der Waals surface area contributed by atoms with Crippen LogP contribution in [-0.2, 0) is 9.53 Å². The Labute approximate surface area is 84.4 Å². The molecule has 2 amide bonds. The van der Waals surface area contributed by atoms with Gasteiger partial charge >= 0.3 is 6.09 Å². The molecule has 0 bridgehead atoms. The first-order valence-electron chi connectivity index (χ1n) is 4.54. The number of ether oxygens (including phenoxy) is 1. The molecule has 0 aromatic rings. The molecule has 0 aliphatic rings. The van der Waals surface area contributed by atoms with E-state index in [0.29, 0.717) is 6.54 Å². The van der Waals surface area contributed by atoms with E-state index in [1.165, 1.54) is 11.9 Å². The molecule has 0 saturated carbocycles. The first-order valence-corrected chi connectivity index (χ1v) is 4.54. The summed E-state index contributed by atoms with van der Waals surface area (Å²) in [7, 11) is 0. The van der Waals surface area contributed by atoms with Crippen LogP contribution in [0.25, 0.3) is 0 Å². The minimum absolute atomic E-state index is 0.224. The molecule has 0 heterocycles. The molecule has 0 aromatic carbocycles. The highest BCUT2D eigenvalue weighted by molar-refractivity contribution is 5.77. The average Bonchev–Trinajstić information content (AvgIpc) is 1.96. The molecule has 0 unspecified atom stereocenters. The van der Waals surface area contributed by atoms with Gasteiger partial charge in [0.05, 0.1) is 0 Å². The van der Waals surface area contributed by atoms with E-state index in [1.807, 2.05) is 0 Å². The number of rotatable bonds is 1. The van der Waals surface area contributed by atoms with Crippen molar-refractivity contribution in [2.45, 2.75) is 40.2 Å². The van der Waals surface area contributed by atoms with E-state index >= 15 is 0 Å². The average molecular weight is 202 g/mol. The monoisotopic (exact) mass is 202 g/mol. The molecule has 1 N–H and O–H groups in total. The van der Waals surface area contributed by atoms with Gasteiger partial charge in [-0.2, -0.15) is 0 Å². The normalized spacial score (nSPS) is 10.6. The minimum atomic E-state index is -0.616. The topological polar surface area (TPSA) is 58.6 Å². The van der Waals surface area contributed by atoms with Crippen LogP contribution in [0, 0.1) is 0 Å². The Morgan fingerprint density at radius 3 is 2.14 bits per heavy atom. The van der Waals surface area contributed by atoms with Crippen LogP contribution >= 0.6 is 0 Å². The van der Waals surface area contributed by atoms with Gasteiger partial charge in [-0.15, -0.1) is 0 Å². The summed E-state index contributed by atoms with van der Waals surface area (Å²) in [6.45, 7) is 8.83. The minimum Gasteiger partial charge on any atom is -0.443 e. The largest absolute Gasteiger partial charge is 0.443 e. The van der Waals surface area contributed by atoms with Gasteiger partial charge in [0.25, 0.3) is 0 Å².